The van der Waals surface area contributed by atoms with Crippen molar-refractivity contribution in [1.29, 1.82) is 0 Å². The zero-order valence-electron chi connectivity index (χ0n) is 14.8. The molecule has 0 saturated heterocycles. The Kier molecular flexibility index (Phi) is 4.52. The van der Waals surface area contributed by atoms with Crippen molar-refractivity contribution in [2.24, 2.45) is 0 Å². The predicted octanol–water partition coefficient (Wildman–Crippen LogP) is 7.39. The van der Waals surface area contributed by atoms with Gasteiger partial charge in [-0.15, -0.1) is 0 Å². The van der Waals surface area contributed by atoms with E-state index in [2.05, 4.69) is 85.8 Å². The normalized spacial score (nSPS) is 11.2. The van der Waals surface area contributed by atoms with E-state index in [9.17, 15) is 0 Å². The molecule has 0 saturated carbocycles. The van der Waals surface area contributed by atoms with E-state index < -0.39 is 0 Å². The first-order valence-corrected chi connectivity index (χ1v) is 9.35. The second kappa shape index (κ2) is 7.11. The van der Waals surface area contributed by atoms with E-state index in [4.69, 9.17) is 0 Å². The molecule has 0 N–H and O–H groups in total. The maximum atomic E-state index is 2.31. The van der Waals surface area contributed by atoms with Crippen LogP contribution in [0.5, 0.6) is 0 Å². The summed E-state index contributed by atoms with van der Waals surface area (Å²) in [6.07, 6.45) is 5.08. The molecule has 0 aliphatic rings. The van der Waals surface area contributed by atoms with Gasteiger partial charge in [0.1, 0.15) is 0 Å². The van der Waals surface area contributed by atoms with E-state index in [1.54, 1.807) is 0 Å². The summed E-state index contributed by atoms with van der Waals surface area (Å²) in [5.41, 5.74) is 4.04. The van der Waals surface area contributed by atoms with E-state index in [-0.39, 0.29) is 0 Å². The highest BCUT2D eigenvalue weighted by Gasteiger charge is 2.02. The van der Waals surface area contributed by atoms with Gasteiger partial charge in [-0.2, -0.15) is 0 Å². The Morgan fingerprint density at radius 1 is 0.560 bits per heavy atom. The molecular formula is C25H24. The van der Waals surface area contributed by atoms with Crippen molar-refractivity contribution in [3.63, 3.8) is 0 Å². The minimum absolute atomic E-state index is 1.19. The molecular weight excluding hydrogens is 300 g/mol. The maximum Gasteiger partial charge on any atom is -0.0171 e. The Morgan fingerprint density at radius 2 is 1.20 bits per heavy atom. The minimum Gasteiger partial charge on any atom is -0.0654 e. The minimum atomic E-state index is 1.19. The van der Waals surface area contributed by atoms with Gasteiger partial charge in [0.05, 0.1) is 0 Å². The molecule has 0 heteroatoms. The summed E-state index contributed by atoms with van der Waals surface area (Å²) in [6, 6.07) is 29.1. The zero-order chi connectivity index (χ0) is 17.1. The zero-order valence-corrected chi connectivity index (χ0v) is 14.8. The van der Waals surface area contributed by atoms with Gasteiger partial charge in [-0.25, -0.2) is 0 Å². The summed E-state index contributed by atoms with van der Waals surface area (Å²) in [5.74, 6) is 0. The number of aryl methyl sites for hydroxylation is 1. The Labute approximate surface area is 150 Å². The molecule has 0 spiro atoms. The number of hydrogen-bond acceptors (Lipinski definition) is 0. The van der Waals surface area contributed by atoms with Crippen molar-refractivity contribution in [1.82, 2.24) is 0 Å². The highest BCUT2D eigenvalue weighted by molar-refractivity contribution is 5.99. The van der Waals surface area contributed by atoms with Crippen LogP contribution in [-0.4, -0.2) is 0 Å². The average molecular weight is 324 g/mol. The quantitative estimate of drug-likeness (QED) is 0.265. The lowest BCUT2D eigenvalue weighted by atomic mass is 9.97. The number of rotatable bonds is 5. The predicted molar refractivity (Wildman–Crippen MR) is 110 cm³/mol. The SMILES string of the molecule is CCCCCc1ccc(-c2ccc3cc4ccccc4cc3c2)cc1. The molecule has 0 heterocycles. The number of benzene rings is 4. The molecule has 0 fully saturated rings. The first-order chi connectivity index (χ1) is 12.3. The fourth-order valence-electron chi connectivity index (χ4n) is 3.56. The molecule has 0 aliphatic carbocycles. The second-order valence-electron chi connectivity index (χ2n) is 6.92. The Bertz CT molecular complexity index is 993. The fraction of sp³-hybridized carbons (Fsp3) is 0.200. The first kappa shape index (κ1) is 15.9. The standard InChI is InChI=1S/C25H24/c1-2-3-4-7-19-10-12-20(13-11-19)23-14-15-24-16-21-8-5-6-9-22(21)17-25(24)18-23/h5-6,8-18H,2-4,7H2,1H3. The largest absolute Gasteiger partial charge is 0.0654 e. The highest BCUT2D eigenvalue weighted by atomic mass is 14.1. The van der Waals surface area contributed by atoms with Crippen molar-refractivity contribution in [2.75, 3.05) is 0 Å². The molecule has 0 aliphatic heterocycles. The highest BCUT2D eigenvalue weighted by Crippen LogP contribution is 2.28. The Morgan fingerprint density at radius 3 is 1.92 bits per heavy atom. The molecule has 4 aromatic carbocycles. The summed E-state index contributed by atoms with van der Waals surface area (Å²) >= 11 is 0. The molecule has 25 heavy (non-hydrogen) atoms. The van der Waals surface area contributed by atoms with Gasteiger partial charge in [0.2, 0.25) is 0 Å². The summed E-state index contributed by atoms with van der Waals surface area (Å²) in [4.78, 5) is 0. The molecule has 0 nitrogen and oxygen atoms in total. The van der Waals surface area contributed by atoms with Crippen LogP contribution in [0.15, 0.2) is 78.9 Å². The number of unbranched alkanes of at least 4 members (excludes halogenated alkanes) is 2. The smallest absolute Gasteiger partial charge is 0.0171 e. The van der Waals surface area contributed by atoms with Crippen LogP contribution in [0.2, 0.25) is 0 Å². The molecule has 0 atom stereocenters. The van der Waals surface area contributed by atoms with Gasteiger partial charge in [0.25, 0.3) is 0 Å². The van der Waals surface area contributed by atoms with Crippen LogP contribution >= 0.6 is 0 Å². The number of hydrogen-bond donors (Lipinski definition) is 0. The third kappa shape index (κ3) is 3.44. The van der Waals surface area contributed by atoms with E-state index in [0.717, 1.165) is 0 Å². The van der Waals surface area contributed by atoms with Gasteiger partial charge < -0.3 is 0 Å². The first-order valence-electron chi connectivity index (χ1n) is 9.35. The van der Waals surface area contributed by atoms with E-state index in [1.807, 2.05) is 0 Å². The van der Waals surface area contributed by atoms with Crippen LogP contribution in [0.3, 0.4) is 0 Å². The van der Waals surface area contributed by atoms with Crippen LogP contribution < -0.4 is 0 Å². The summed E-state index contributed by atoms with van der Waals surface area (Å²) < 4.78 is 0. The van der Waals surface area contributed by atoms with Crippen LogP contribution in [-0.2, 0) is 6.42 Å². The third-order valence-electron chi connectivity index (χ3n) is 5.06. The third-order valence-corrected chi connectivity index (χ3v) is 5.06. The lowest BCUT2D eigenvalue weighted by Gasteiger charge is -2.07. The maximum absolute atomic E-state index is 2.31. The molecule has 0 amide bonds. The Balaban J connectivity index is 1.65. The van der Waals surface area contributed by atoms with Gasteiger partial charge in [-0.1, -0.05) is 80.4 Å². The number of fused-ring (bicyclic) bond motifs is 2. The van der Waals surface area contributed by atoms with E-state index >= 15 is 0 Å². The van der Waals surface area contributed by atoms with Gasteiger partial charge >= 0.3 is 0 Å². The average Bonchev–Trinajstić information content (AvgIpc) is 2.67. The van der Waals surface area contributed by atoms with Crippen molar-refractivity contribution in [3.8, 4) is 11.1 Å². The van der Waals surface area contributed by atoms with Crippen LogP contribution in [0.25, 0.3) is 32.7 Å². The molecule has 124 valence electrons. The van der Waals surface area contributed by atoms with Gasteiger partial charge in [0, 0.05) is 0 Å². The van der Waals surface area contributed by atoms with Gasteiger partial charge in [0.15, 0.2) is 0 Å². The van der Waals surface area contributed by atoms with Crippen molar-refractivity contribution < 1.29 is 0 Å². The Hall–Kier alpha value is -2.60. The van der Waals surface area contributed by atoms with E-state index in [1.165, 1.54) is 63.9 Å². The second-order valence-corrected chi connectivity index (χ2v) is 6.92. The molecule has 0 radical (unpaired) electrons. The van der Waals surface area contributed by atoms with Gasteiger partial charge in [-0.05, 0) is 69.3 Å². The van der Waals surface area contributed by atoms with Crippen LogP contribution in [0.1, 0.15) is 31.7 Å². The molecule has 0 aromatic heterocycles. The van der Waals surface area contributed by atoms with Crippen molar-refractivity contribution in [2.45, 2.75) is 32.6 Å². The topological polar surface area (TPSA) is 0 Å². The van der Waals surface area contributed by atoms with E-state index in [0.29, 0.717) is 0 Å². The molecule has 0 unspecified atom stereocenters. The molecule has 0 bridgehead atoms. The molecule has 4 rings (SSSR count). The fourth-order valence-corrected chi connectivity index (χ4v) is 3.56. The van der Waals surface area contributed by atoms with Crippen LogP contribution in [0, 0.1) is 0 Å². The van der Waals surface area contributed by atoms with Crippen molar-refractivity contribution in [3.05, 3.63) is 84.4 Å². The monoisotopic (exact) mass is 324 g/mol. The summed E-state index contributed by atoms with van der Waals surface area (Å²) in [7, 11) is 0. The summed E-state index contributed by atoms with van der Waals surface area (Å²) in [5, 5.41) is 5.22. The summed E-state index contributed by atoms with van der Waals surface area (Å²) in [6.45, 7) is 2.26. The van der Waals surface area contributed by atoms with Crippen molar-refractivity contribution >= 4 is 21.5 Å². The lowest BCUT2D eigenvalue weighted by molar-refractivity contribution is 0.717. The lowest BCUT2D eigenvalue weighted by Crippen LogP contribution is -1.86. The molecule has 4 aromatic rings. The van der Waals surface area contributed by atoms with Gasteiger partial charge in [-0.3, -0.25) is 0 Å². The van der Waals surface area contributed by atoms with Crippen LogP contribution in [0.4, 0.5) is 0 Å².